The normalized spacial score (nSPS) is 11.0. The van der Waals surface area contributed by atoms with Crippen molar-refractivity contribution in [3.63, 3.8) is 0 Å². The predicted molar refractivity (Wildman–Crippen MR) is 85.1 cm³/mol. The number of anilines is 1. The first-order valence-electron chi connectivity index (χ1n) is 7.27. The van der Waals surface area contributed by atoms with Gasteiger partial charge in [0.2, 0.25) is 0 Å². The molecule has 0 bridgehead atoms. The highest BCUT2D eigenvalue weighted by Gasteiger charge is 2.14. The molecule has 126 valence electrons. The molecule has 1 aromatic rings. The third-order valence-corrected chi connectivity index (χ3v) is 3.08. The van der Waals surface area contributed by atoms with Crippen molar-refractivity contribution in [3.8, 4) is 0 Å². The number of likely N-dealkylation sites (N-methyl/N-ethyl adjacent to an activating group) is 1. The van der Waals surface area contributed by atoms with E-state index in [1.165, 1.54) is 0 Å². The van der Waals surface area contributed by atoms with E-state index in [-0.39, 0.29) is 6.03 Å². The first-order chi connectivity index (χ1) is 10.6. The van der Waals surface area contributed by atoms with Gasteiger partial charge in [-0.2, -0.15) is 5.10 Å². The molecule has 0 radical (unpaired) electrons. The van der Waals surface area contributed by atoms with Gasteiger partial charge in [0.15, 0.2) is 0 Å². The highest BCUT2D eigenvalue weighted by molar-refractivity contribution is 5.89. The molecule has 1 heterocycles. The van der Waals surface area contributed by atoms with Crippen molar-refractivity contribution >= 4 is 11.7 Å². The van der Waals surface area contributed by atoms with Crippen LogP contribution in [0.15, 0.2) is 12.4 Å². The summed E-state index contributed by atoms with van der Waals surface area (Å²) in [5.41, 5.74) is 0.674. The maximum Gasteiger partial charge on any atom is 0.322 e. The van der Waals surface area contributed by atoms with Gasteiger partial charge in [-0.15, -0.1) is 0 Å². The van der Waals surface area contributed by atoms with Gasteiger partial charge in [0.05, 0.1) is 31.6 Å². The maximum atomic E-state index is 12.3. The second-order valence-electron chi connectivity index (χ2n) is 5.20. The predicted octanol–water partition coefficient (Wildman–Crippen LogP) is 0.571. The number of hydrogen-bond donors (Lipinski definition) is 1. The molecule has 0 aliphatic carbocycles. The molecule has 8 nitrogen and oxygen atoms in total. The van der Waals surface area contributed by atoms with Gasteiger partial charge in [-0.25, -0.2) is 4.79 Å². The molecule has 0 saturated carbocycles. The van der Waals surface area contributed by atoms with Crippen LogP contribution in [0.1, 0.15) is 0 Å². The number of methoxy groups -OCH3 is 2. The Morgan fingerprint density at radius 1 is 1.23 bits per heavy atom. The number of amides is 2. The molecule has 1 N–H and O–H groups in total. The Balaban J connectivity index is 2.54. The van der Waals surface area contributed by atoms with Gasteiger partial charge < -0.3 is 24.6 Å². The summed E-state index contributed by atoms with van der Waals surface area (Å²) in [7, 11) is 7.23. The highest BCUT2D eigenvalue weighted by Crippen LogP contribution is 2.06. The third-order valence-electron chi connectivity index (χ3n) is 3.08. The molecule has 0 aliphatic rings. The Morgan fingerprint density at radius 3 is 2.59 bits per heavy atom. The van der Waals surface area contributed by atoms with Gasteiger partial charge in [0.1, 0.15) is 0 Å². The van der Waals surface area contributed by atoms with Crippen LogP contribution < -0.4 is 5.32 Å². The molecule has 0 fully saturated rings. The zero-order valence-corrected chi connectivity index (χ0v) is 13.9. The van der Waals surface area contributed by atoms with E-state index in [2.05, 4.69) is 10.4 Å². The number of carbonyl (C=O) groups excluding carboxylic acids is 1. The molecule has 0 aromatic carbocycles. The average Bonchev–Trinajstić information content (AvgIpc) is 2.92. The summed E-state index contributed by atoms with van der Waals surface area (Å²) >= 11 is 0. The van der Waals surface area contributed by atoms with Crippen molar-refractivity contribution in [1.29, 1.82) is 0 Å². The summed E-state index contributed by atoms with van der Waals surface area (Å²) in [6, 6.07) is -0.148. The average molecular weight is 313 g/mol. The van der Waals surface area contributed by atoms with Crippen LogP contribution in [0.2, 0.25) is 0 Å². The Bertz CT molecular complexity index is 436. The number of hydrogen-bond acceptors (Lipinski definition) is 5. The van der Waals surface area contributed by atoms with Gasteiger partial charge in [0, 0.05) is 40.1 Å². The lowest BCUT2D eigenvalue weighted by Gasteiger charge is -2.24. The highest BCUT2D eigenvalue weighted by atomic mass is 16.5. The fourth-order valence-corrected chi connectivity index (χ4v) is 1.77. The topological polar surface area (TPSA) is 71.9 Å². The number of nitrogens with zero attached hydrogens (tertiary/aromatic N) is 4. The van der Waals surface area contributed by atoms with Crippen LogP contribution in [0.25, 0.3) is 0 Å². The molecule has 0 atom stereocenters. The first kappa shape index (κ1) is 18.4. The van der Waals surface area contributed by atoms with Gasteiger partial charge in [-0.05, 0) is 14.1 Å². The van der Waals surface area contributed by atoms with Gasteiger partial charge in [0.25, 0.3) is 0 Å². The molecule has 8 heteroatoms. The quantitative estimate of drug-likeness (QED) is 0.684. The van der Waals surface area contributed by atoms with Crippen molar-refractivity contribution in [2.45, 2.75) is 6.54 Å². The number of urea groups is 1. The standard InChI is InChI=1S/C14H27N5O3/c1-17(2)5-6-18(7-9-21-3)14(20)16-13-11-15-19(12-13)8-10-22-4/h11-12H,5-10H2,1-4H3,(H,16,20). The van der Waals surface area contributed by atoms with E-state index in [0.717, 1.165) is 6.54 Å². The summed E-state index contributed by atoms with van der Waals surface area (Å²) in [6.45, 7) is 3.73. The summed E-state index contributed by atoms with van der Waals surface area (Å²) in [5.74, 6) is 0. The van der Waals surface area contributed by atoms with Crippen LogP contribution in [0.4, 0.5) is 10.5 Å². The summed E-state index contributed by atoms with van der Waals surface area (Å²) in [4.78, 5) is 16.1. The van der Waals surface area contributed by atoms with Crippen LogP contribution in [0, 0.1) is 0 Å². The monoisotopic (exact) mass is 313 g/mol. The molecule has 1 aromatic heterocycles. The fourth-order valence-electron chi connectivity index (χ4n) is 1.77. The molecular formula is C14H27N5O3. The van der Waals surface area contributed by atoms with Crippen molar-refractivity contribution in [1.82, 2.24) is 19.6 Å². The molecule has 0 aliphatic heterocycles. The number of carbonyl (C=O) groups is 1. The zero-order valence-electron chi connectivity index (χ0n) is 13.9. The van der Waals surface area contributed by atoms with Crippen molar-refractivity contribution in [3.05, 3.63) is 12.4 Å². The summed E-state index contributed by atoms with van der Waals surface area (Å²) in [5, 5.41) is 7.03. The lowest BCUT2D eigenvalue weighted by Crippen LogP contribution is -2.41. The van der Waals surface area contributed by atoms with Crippen LogP contribution in [-0.2, 0) is 16.0 Å². The molecule has 2 amide bonds. The van der Waals surface area contributed by atoms with Crippen LogP contribution in [0.3, 0.4) is 0 Å². The van der Waals surface area contributed by atoms with E-state index >= 15 is 0 Å². The molecule has 1 rings (SSSR count). The van der Waals surface area contributed by atoms with Gasteiger partial charge >= 0.3 is 6.03 Å². The Labute approximate surface area is 132 Å². The lowest BCUT2D eigenvalue weighted by atomic mass is 10.4. The van der Waals surface area contributed by atoms with Crippen molar-refractivity contribution in [2.24, 2.45) is 0 Å². The van der Waals surface area contributed by atoms with E-state index in [1.54, 1.807) is 36.2 Å². The smallest absolute Gasteiger partial charge is 0.322 e. The second kappa shape index (κ2) is 10.1. The Hall–Kier alpha value is -1.64. The van der Waals surface area contributed by atoms with Crippen molar-refractivity contribution in [2.75, 3.05) is 66.5 Å². The molecule has 0 saturated heterocycles. The van der Waals surface area contributed by atoms with E-state index < -0.39 is 0 Å². The Kier molecular flexibility index (Phi) is 8.49. The van der Waals surface area contributed by atoms with Gasteiger partial charge in [-0.3, -0.25) is 4.68 Å². The lowest BCUT2D eigenvalue weighted by molar-refractivity contribution is 0.151. The van der Waals surface area contributed by atoms with Gasteiger partial charge in [-0.1, -0.05) is 0 Å². The number of aromatic nitrogens is 2. The molecule has 22 heavy (non-hydrogen) atoms. The van der Waals surface area contributed by atoms with E-state index in [1.807, 2.05) is 19.0 Å². The maximum absolute atomic E-state index is 12.3. The minimum Gasteiger partial charge on any atom is -0.383 e. The van der Waals surface area contributed by atoms with Crippen LogP contribution in [0.5, 0.6) is 0 Å². The van der Waals surface area contributed by atoms with Crippen LogP contribution >= 0.6 is 0 Å². The molecule has 0 unspecified atom stereocenters. The SMILES string of the molecule is COCCN(CCN(C)C)C(=O)Nc1cnn(CCOC)c1. The van der Waals surface area contributed by atoms with E-state index in [4.69, 9.17) is 9.47 Å². The van der Waals surface area contributed by atoms with Crippen LogP contribution in [-0.4, -0.2) is 86.8 Å². The summed E-state index contributed by atoms with van der Waals surface area (Å²) < 4.78 is 11.8. The minimum atomic E-state index is -0.148. The molecule has 0 spiro atoms. The minimum absolute atomic E-state index is 0.148. The number of ether oxygens (including phenoxy) is 2. The van der Waals surface area contributed by atoms with E-state index in [9.17, 15) is 4.79 Å². The zero-order chi connectivity index (χ0) is 16.4. The third kappa shape index (κ3) is 6.88. The fraction of sp³-hybridized carbons (Fsp3) is 0.714. The number of rotatable bonds is 10. The largest absolute Gasteiger partial charge is 0.383 e. The van der Waals surface area contributed by atoms with E-state index in [0.29, 0.717) is 38.5 Å². The molecular weight excluding hydrogens is 286 g/mol. The Morgan fingerprint density at radius 2 is 1.95 bits per heavy atom. The summed E-state index contributed by atoms with van der Waals surface area (Å²) in [6.07, 6.45) is 3.42. The van der Waals surface area contributed by atoms with Crippen molar-refractivity contribution < 1.29 is 14.3 Å². The first-order valence-corrected chi connectivity index (χ1v) is 7.27. The second-order valence-corrected chi connectivity index (χ2v) is 5.20. The number of nitrogens with one attached hydrogen (secondary N) is 1.